The minimum atomic E-state index is 0.617. The Morgan fingerprint density at radius 1 is 1.27 bits per heavy atom. The van der Waals surface area contributed by atoms with Gasteiger partial charge in [0.05, 0.1) is 0 Å². The molecule has 1 aliphatic rings. The van der Waals surface area contributed by atoms with Crippen molar-refractivity contribution in [2.75, 3.05) is 13.1 Å². The Morgan fingerprint density at radius 2 is 2.00 bits per heavy atom. The summed E-state index contributed by atoms with van der Waals surface area (Å²) in [6, 6.07) is 4.62. The van der Waals surface area contributed by atoms with Crippen LogP contribution in [-0.2, 0) is 12.8 Å². The van der Waals surface area contributed by atoms with E-state index in [-0.39, 0.29) is 0 Å². The predicted octanol–water partition coefficient (Wildman–Crippen LogP) is 3.24. The smallest absolute Gasteiger partial charge is 0.00541 e. The second-order valence-corrected chi connectivity index (χ2v) is 5.93. The van der Waals surface area contributed by atoms with Crippen LogP contribution in [0.5, 0.6) is 0 Å². The maximum absolute atomic E-state index is 3.50. The van der Waals surface area contributed by atoms with Crippen molar-refractivity contribution in [3.63, 3.8) is 0 Å². The molecule has 0 atom stereocenters. The van der Waals surface area contributed by atoms with Crippen molar-refractivity contribution in [3.05, 3.63) is 21.9 Å². The zero-order chi connectivity index (χ0) is 10.7. The van der Waals surface area contributed by atoms with Crippen LogP contribution in [0.25, 0.3) is 0 Å². The fourth-order valence-electron chi connectivity index (χ4n) is 2.06. The Labute approximate surface area is 96.9 Å². The quantitative estimate of drug-likeness (QED) is 0.780. The number of hydrogen-bond donors (Lipinski definition) is 1. The molecular formula is C13H21NS. The fraction of sp³-hybridized carbons (Fsp3) is 0.692. The summed E-state index contributed by atoms with van der Waals surface area (Å²) in [6.07, 6.45) is 5.31. The third-order valence-corrected chi connectivity index (χ3v) is 4.55. The van der Waals surface area contributed by atoms with Gasteiger partial charge in [-0.1, -0.05) is 13.8 Å². The molecule has 2 heteroatoms. The van der Waals surface area contributed by atoms with Gasteiger partial charge in [-0.05, 0) is 49.8 Å². The molecule has 1 saturated carbocycles. The summed E-state index contributed by atoms with van der Waals surface area (Å²) in [7, 11) is 0. The molecule has 15 heavy (non-hydrogen) atoms. The predicted molar refractivity (Wildman–Crippen MR) is 67.6 cm³/mol. The van der Waals surface area contributed by atoms with Gasteiger partial charge in [0.1, 0.15) is 0 Å². The highest BCUT2D eigenvalue weighted by atomic mass is 32.1. The van der Waals surface area contributed by atoms with Crippen LogP contribution in [0.4, 0.5) is 0 Å². The van der Waals surface area contributed by atoms with Gasteiger partial charge >= 0.3 is 0 Å². The normalized spacial score (nSPS) is 18.0. The third kappa shape index (κ3) is 2.82. The number of aryl methyl sites for hydroxylation is 1. The molecule has 0 aromatic carbocycles. The molecule has 0 aliphatic heterocycles. The van der Waals surface area contributed by atoms with Crippen molar-refractivity contribution in [1.82, 2.24) is 5.32 Å². The number of rotatable bonds is 6. The average Bonchev–Trinajstić information content (AvgIpc) is 2.85. The molecule has 1 aromatic heterocycles. The van der Waals surface area contributed by atoms with E-state index in [4.69, 9.17) is 0 Å². The molecule has 84 valence electrons. The van der Waals surface area contributed by atoms with Crippen LogP contribution in [0, 0.1) is 5.41 Å². The van der Waals surface area contributed by atoms with Crippen LogP contribution < -0.4 is 5.32 Å². The molecule has 0 bridgehead atoms. The number of thiophene rings is 1. The van der Waals surface area contributed by atoms with Crippen LogP contribution in [0.15, 0.2) is 12.1 Å². The summed E-state index contributed by atoms with van der Waals surface area (Å²) < 4.78 is 0. The van der Waals surface area contributed by atoms with E-state index >= 15 is 0 Å². The van der Waals surface area contributed by atoms with Crippen molar-refractivity contribution in [3.8, 4) is 0 Å². The molecule has 0 radical (unpaired) electrons. The van der Waals surface area contributed by atoms with Gasteiger partial charge in [0.15, 0.2) is 0 Å². The second kappa shape index (κ2) is 4.67. The summed E-state index contributed by atoms with van der Waals surface area (Å²) in [5.74, 6) is 0. The van der Waals surface area contributed by atoms with Crippen molar-refractivity contribution >= 4 is 11.3 Å². The largest absolute Gasteiger partial charge is 0.316 e. The molecule has 0 saturated heterocycles. The summed E-state index contributed by atoms with van der Waals surface area (Å²) in [5, 5.41) is 3.50. The first-order valence-corrected chi connectivity index (χ1v) is 6.88. The molecule has 1 fully saturated rings. The Kier molecular flexibility index (Phi) is 3.47. The Bertz CT molecular complexity index is 312. The van der Waals surface area contributed by atoms with Gasteiger partial charge < -0.3 is 5.32 Å². The topological polar surface area (TPSA) is 12.0 Å². The molecule has 2 rings (SSSR count). The lowest BCUT2D eigenvalue weighted by atomic mass is 10.0. The minimum Gasteiger partial charge on any atom is -0.316 e. The molecule has 1 nitrogen and oxygen atoms in total. The molecule has 0 spiro atoms. The van der Waals surface area contributed by atoms with E-state index < -0.39 is 0 Å². The van der Waals surface area contributed by atoms with Gasteiger partial charge in [0.25, 0.3) is 0 Å². The van der Waals surface area contributed by atoms with E-state index in [1.165, 1.54) is 37.1 Å². The van der Waals surface area contributed by atoms with Gasteiger partial charge in [-0.2, -0.15) is 0 Å². The van der Waals surface area contributed by atoms with Crippen LogP contribution in [-0.4, -0.2) is 13.1 Å². The molecule has 1 aromatic rings. The first kappa shape index (κ1) is 11.2. The summed E-state index contributed by atoms with van der Waals surface area (Å²) >= 11 is 2.01. The monoisotopic (exact) mass is 223 g/mol. The van der Waals surface area contributed by atoms with Crippen LogP contribution in [0.1, 0.15) is 36.4 Å². The second-order valence-electron chi connectivity index (χ2n) is 4.68. The highest BCUT2D eigenvalue weighted by Crippen LogP contribution is 2.48. The van der Waals surface area contributed by atoms with Gasteiger partial charge in [-0.25, -0.2) is 0 Å². The molecule has 1 heterocycles. The van der Waals surface area contributed by atoms with Crippen LogP contribution in [0.2, 0.25) is 0 Å². The van der Waals surface area contributed by atoms with E-state index in [0.717, 1.165) is 6.54 Å². The van der Waals surface area contributed by atoms with Crippen LogP contribution in [0.3, 0.4) is 0 Å². The molecule has 0 unspecified atom stereocenters. The SMILES string of the molecule is CCNCC1(Cc2ccc(CC)s2)CC1. The Morgan fingerprint density at radius 3 is 2.53 bits per heavy atom. The van der Waals surface area contributed by atoms with Gasteiger partial charge in [-0.15, -0.1) is 11.3 Å². The van der Waals surface area contributed by atoms with Gasteiger partial charge in [-0.3, -0.25) is 0 Å². The van der Waals surface area contributed by atoms with Gasteiger partial charge in [0, 0.05) is 16.3 Å². The zero-order valence-electron chi connectivity index (χ0n) is 9.81. The Hall–Kier alpha value is -0.340. The van der Waals surface area contributed by atoms with Crippen LogP contribution >= 0.6 is 11.3 Å². The lowest BCUT2D eigenvalue weighted by Crippen LogP contribution is -2.24. The van der Waals surface area contributed by atoms with Crippen molar-refractivity contribution in [2.24, 2.45) is 5.41 Å². The molecule has 0 amide bonds. The maximum Gasteiger partial charge on any atom is 0.00541 e. The van der Waals surface area contributed by atoms with E-state index in [9.17, 15) is 0 Å². The van der Waals surface area contributed by atoms with Crippen molar-refractivity contribution in [1.29, 1.82) is 0 Å². The summed E-state index contributed by atoms with van der Waals surface area (Å²) in [4.78, 5) is 3.12. The van der Waals surface area contributed by atoms with E-state index in [1.807, 2.05) is 11.3 Å². The summed E-state index contributed by atoms with van der Waals surface area (Å²) in [6.45, 7) is 6.74. The Balaban J connectivity index is 1.90. The van der Waals surface area contributed by atoms with E-state index in [2.05, 4.69) is 31.3 Å². The lowest BCUT2D eigenvalue weighted by Gasteiger charge is -2.13. The highest BCUT2D eigenvalue weighted by molar-refractivity contribution is 7.11. The van der Waals surface area contributed by atoms with E-state index in [1.54, 1.807) is 4.88 Å². The van der Waals surface area contributed by atoms with Crippen molar-refractivity contribution in [2.45, 2.75) is 39.5 Å². The maximum atomic E-state index is 3.50. The van der Waals surface area contributed by atoms with E-state index in [0.29, 0.717) is 5.41 Å². The highest BCUT2D eigenvalue weighted by Gasteiger charge is 2.42. The number of hydrogen-bond acceptors (Lipinski definition) is 2. The van der Waals surface area contributed by atoms with Crippen molar-refractivity contribution < 1.29 is 0 Å². The first-order valence-electron chi connectivity index (χ1n) is 6.06. The lowest BCUT2D eigenvalue weighted by molar-refractivity contribution is 0.466. The fourth-order valence-corrected chi connectivity index (χ4v) is 3.19. The molecular weight excluding hydrogens is 202 g/mol. The zero-order valence-corrected chi connectivity index (χ0v) is 10.6. The third-order valence-electron chi connectivity index (χ3n) is 3.32. The van der Waals surface area contributed by atoms with Gasteiger partial charge in [0.2, 0.25) is 0 Å². The minimum absolute atomic E-state index is 0.617. The first-order chi connectivity index (χ1) is 7.28. The number of nitrogens with one attached hydrogen (secondary N) is 1. The molecule has 1 aliphatic carbocycles. The molecule has 1 N–H and O–H groups in total. The average molecular weight is 223 g/mol. The summed E-state index contributed by atoms with van der Waals surface area (Å²) in [5.41, 5.74) is 0.617. The standard InChI is InChI=1S/C13H21NS/c1-3-11-5-6-12(15-11)9-13(7-8-13)10-14-4-2/h5-6,14H,3-4,7-10H2,1-2H3.